The lowest BCUT2D eigenvalue weighted by atomic mass is 9.69. The van der Waals surface area contributed by atoms with Crippen molar-refractivity contribution in [2.45, 2.75) is 46.1 Å². The molecule has 0 bridgehead atoms. The van der Waals surface area contributed by atoms with Gasteiger partial charge in [0.25, 0.3) is 5.91 Å². The summed E-state index contributed by atoms with van der Waals surface area (Å²) in [6, 6.07) is 11.8. The number of hydrogen-bond donors (Lipinski definition) is 3. The van der Waals surface area contributed by atoms with Gasteiger partial charge in [0, 0.05) is 23.4 Å². The average molecular weight is 387 g/mol. The van der Waals surface area contributed by atoms with Crippen LogP contribution in [0.5, 0.6) is 0 Å². The third kappa shape index (κ3) is 2.46. The summed E-state index contributed by atoms with van der Waals surface area (Å²) in [6.45, 7) is 8.33. The van der Waals surface area contributed by atoms with Crippen molar-refractivity contribution in [3.63, 3.8) is 0 Å². The van der Waals surface area contributed by atoms with Crippen molar-refractivity contribution in [2.24, 2.45) is 5.41 Å². The highest BCUT2D eigenvalue weighted by atomic mass is 16.2. The lowest BCUT2D eigenvalue weighted by molar-refractivity contribution is -0.123. The predicted octanol–water partition coefficient (Wildman–Crippen LogP) is 4.63. The van der Waals surface area contributed by atoms with Crippen LogP contribution in [-0.4, -0.2) is 11.7 Å². The molecule has 1 aliphatic carbocycles. The Bertz CT molecular complexity index is 1130. The summed E-state index contributed by atoms with van der Waals surface area (Å²) in [6.07, 6.45) is 1.13. The van der Waals surface area contributed by atoms with Crippen LogP contribution in [0.25, 0.3) is 0 Å². The van der Waals surface area contributed by atoms with Gasteiger partial charge in [0.1, 0.15) is 0 Å². The fourth-order valence-corrected chi connectivity index (χ4v) is 4.94. The Kier molecular flexibility index (Phi) is 3.55. The first-order valence-electron chi connectivity index (χ1n) is 10.1. The Morgan fingerprint density at radius 1 is 0.862 bits per heavy atom. The number of benzene rings is 2. The third-order valence-electron chi connectivity index (χ3n) is 6.41. The molecule has 3 aliphatic rings. The maximum Gasteiger partial charge on any atom is 0.259 e. The third-order valence-corrected chi connectivity index (χ3v) is 6.41. The van der Waals surface area contributed by atoms with Crippen molar-refractivity contribution in [2.75, 3.05) is 16.0 Å². The van der Waals surface area contributed by atoms with E-state index in [0.29, 0.717) is 18.4 Å². The molecular weight excluding hydrogens is 362 g/mol. The summed E-state index contributed by atoms with van der Waals surface area (Å²) in [7, 11) is 0. The number of allylic oxidation sites excluding steroid dienone is 1. The van der Waals surface area contributed by atoms with Crippen molar-refractivity contribution < 1.29 is 9.59 Å². The van der Waals surface area contributed by atoms with Crippen molar-refractivity contribution in [3.8, 4) is 0 Å². The van der Waals surface area contributed by atoms with Crippen molar-refractivity contribution in [1.29, 1.82) is 0 Å². The number of anilines is 3. The molecule has 3 N–H and O–H groups in total. The maximum absolute atomic E-state index is 13.5. The SMILES string of the molecule is Cc1cc2c(cc1C)N[C@]1(C(=O)Nc3ccccc31)C1=C(CC(C)(C)CC1=O)N2. The number of fused-ring (bicyclic) bond motifs is 4. The molecule has 29 heavy (non-hydrogen) atoms. The normalized spacial score (nSPS) is 24.1. The molecule has 0 saturated heterocycles. The van der Waals surface area contributed by atoms with Crippen LogP contribution < -0.4 is 16.0 Å². The molecule has 1 amide bonds. The Labute approximate surface area is 170 Å². The van der Waals surface area contributed by atoms with Gasteiger partial charge in [0.05, 0.1) is 16.9 Å². The molecule has 1 spiro atoms. The molecule has 5 rings (SSSR count). The van der Waals surface area contributed by atoms with E-state index >= 15 is 0 Å². The molecule has 0 radical (unpaired) electrons. The number of hydrogen-bond acceptors (Lipinski definition) is 4. The van der Waals surface area contributed by atoms with E-state index < -0.39 is 5.54 Å². The zero-order valence-electron chi connectivity index (χ0n) is 17.2. The number of carbonyl (C=O) groups is 2. The van der Waals surface area contributed by atoms with Crippen molar-refractivity contribution in [1.82, 2.24) is 0 Å². The Hall–Kier alpha value is -3.08. The number of carbonyl (C=O) groups excluding carboxylic acids is 2. The molecule has 0 aromatic heterocycles. The largest absolute Gasteiger partial charge is 0.362 e. The smallest absolute Gasteiger partial charge is 0.259 e. The number of nitrogens with one attached hydrogen (secondary N) is 3. The first-order chi connectivity index (χ1) is 13.7. The molecule has 0 fully saturated rings. The summed E-state index contributed by atoms with van der Waals surface area (Å²) in [5.74, 6) is -0.184. The number of ketones is 1. The highest BCUT2D eigenvalue weighted by molar-refractivity contribution is 6.18. The molecular formula is C24H25N3O2. The van der Waals surface area contributed by atoms with Gasteiger partial charge in [0.2, 0.25) is 0 Å². The summed E-state index contributed by atoms with van der Waals surface area (Å²) in [5, 5.41) is 10.0. The second-order valence-electron chi connectivity index (χ2n) is 9.28. The van der Waals surface area contributed by atoms with Gasteiger partial charge in [-0.05, 0) is 55.0 Å². The standard InChI is InChI=1S/C24H25N3O2/c1-13-9-17-18(10-14(13)2)27-24(15-7-5-6-8-16(15)26-22(24)29)21-19(25-17)11-23(3,4)12-20(21)28/h5-10,25,27H,11-12H2,1-4H3,(H,26,29)/t24-/m0/s1. The molecule has 5 heteroatoms. The molecule has 2 aliphatic heterocycles. The average Bonchev–Trinajstić information content (AvgIpc) is 2.81. The maximum atomic E-state index is 13.5. The predicted molar refractivity (Wildman–Crippen MR) is 115 cm³/mol. The second-order valence-corrected chi connectivity index (χ2v) is 9.28. The van der Waals surface area contributed by atoms with Gasteiger partial charge in [-0.15, -0.1) is 0 Å². The lowest BCUT2D eigenvalue weighted by Crippen LogP contribution is -2.48. The summed E-state index contributed by atoms with van der Waals surface area (Å²) < 4.78 is 0. The van der Waals surface area contributed by atoms with E-state index in [-0.39, 0.29) is 17.1 Å². The van der Waals surface area contributed by atoms with E-state index in [0.717, 1.165) is 39.4 Å². The van der Waals surface area contributed by atoms with E-state index in [1.165, 1.54) is 0 Å². The Morgan fingerprint density at radius 2 is 1.55 bits per heavy atom. The van der Waals surface area contributed by atoms with E-state index in [4.69, 9.17) is 0 Å². The minimum Gasteiger partial charge on any atom is -0.362 e. The fraction of sp³-hybridized carbons (Fsp3) is 0.333. The fourth-order valence-electron chi connectivity index (χ4n) is 4.94. The first-order valence-corrected chi connectivity index (χ1v) is 10.1. The van der Waals surface area contributed by atoms with Gasteiger partial charge in [-0.25, -0.2) is 0 Å². The van der Waals surface area contributed by atoms with E-state index in [1.807, 2.05) is 24.3 Å². The highest BCUT2D eigenvalue weighted by Crippen LogP contribution is 2.52. The first kappa shape index (κ1) is 18.0. The van der Waals surface area contributed by atoms with Crippen molar-refractivity contribution >= 4 is 28.8 Å². The minimum atomic E-state index is -1.22. The van der Waals surface area contributed by atoms with Gasteiger partial charge < -0.3 is 16.0 Å². The van der Waals surface area contributed by atoms with E-state index in [2.05, 4.69) is 55.8 Å². The molecule has 0 saturated carbocycles. The Morgan fingerprint density at radius 3 is 2.31 bits per heavy atom. The topological polar surface area (TPSA) is 70.2 Å². The van der Waals surface area contributed by atoms with Crippen LogP contribution in [0.1, 0.15) is 43.4 Å². The van der Waals surface area contributed by atoms with E-state index in [1.54, 1.807) is 0 Å². The molecule has 2 heterocycles. The van der Waals surface area contributed by atoms with Gasteiger partial charge in [-0.1, -0.05) is 32.0 Å². The second kappa shape index (κ2) is 5.72. The number of amides is 1. The number of rotatable bonds is 0. The Balaban J connectivity index is 1.84. The summed E-state index contributed by atoms with van der Waals surface area (Å²) in [5.41, 5.74) is 5.58. The van der Waals surface area contributed by atoms with Gasteiger partial charge in [0.15, 0.2) is 11.3 Å². The van der Waals surface area contributed by atoms with Crippen LogP contribution in [0, 0.1) is 19.3 Å². The van der Waals surface area contributed by atoms with E-state index in [9.17, 15) is 9.59 Å². The number of para-hydroxylation sites is 1. The van der Waals surface area contributed by atoms with Crippen LogP contribution >= 0.6 is 0 Å². The van der Waals surface area contributed by atoms with Gasteiger partial charge >= 0.3 is 0 Å². The minimum absolute atomic E-state index is 0.0179. The van der Waals surface area contributed by atoms with Gasteiger partial charge in [-0.2, -0.15) is 0 Å². The van der Waals surface area contributed by atoms with Gasteiger partial charge in [-0.3, -0.25) is 9.59 Å². The molecule has 2 aromatic carbocycles. The van der Waals surface area contributed by atoms with Crippen LogP contribution in [-0.2, 0) is 15.1 Å². The molecule has 148 valence electrons. The molecule has 1 atom stereocenters. The lowest BCUT2D eigenvalue weighted by Gasteiger charge is -2.37. The zero-order chi connectivity index (χ0) is 20.6. The summed E-state index contributed by atoms with van der Waals surface area (Å²) >= 11 is 0. The quantitative estimate of drug-likeness (QED) is 0.616. The number of Topliss-reactive ketones (excluding diaryl/α,β-unsaturated/α-hetero) is 1. The van der Waals surface area contributed by atoms with Crippen LogP contribution in [0.15, 0.2) is 47.7 Å². The van der Waals surface area contributed by atoms with Crippen molar-refractivity contribution in [3.05, 3.63) is 64.4 Å². The van der Waals surface area contributed by atoms with Crippen LogP contribution in [0.4, 0.5) is 17.1 Å². The molecule has 0 unspecified atom stereocenters. The molecule has 5 nitrogen and oxygen atoms in total. The zero-order valence-corrected chi connectivity index (χ0v) is 17.2. The summed E-state index contributed by atoms with van der Waals surface area (Å²) in [4.78, 5) is 27.0. The monoisotopic (exact) mass is 387 g/mol. The molecule has 2 aromatic rings. The van der Waals surface area contributed by atoms with Crippen LogP contribution in [0.2, 0.25) is 0 Å². The number of aryl methyl sites for hydroxylation is 2. The highest BCUT2D eigenvalue weighted by Gasteiger charge is 2.56. The van der Waals surface area contributed by atoms with Crippen LogP contribution in [0.3, 0.4) is 0 Å².